The highest BCUT2D eigenvalue weighted by molar-refractivity contribution is 7.89. The Bertz CT molecular complexity index is 657. The van der Waals surface area contributed by atoms with Crippen molar-refractivity contribution in [1.82, 2.24) is 9.62 Å². The van der Waals surface area contributed by atoms with Crippen molar-refractivity contribution in [3.8, 4) is 5.75 Å². The third-order valence-corrected chi connectivity index (χ3v) is 6.25. The van der Waals surface area contributed by atoms with Crippen LogP contribution in [-0.2, 0) is 14.8 Å². The van der Waals surface area contributed by atoms with Crippen molar-refractivity contribution in [1.29, 1.82) is 0 Å². The first-order valence-corrected chi connectivity index (χ1v) is 9.21. The van der Waals surface area contributed by atoms with Crippen LogP contribution in [0.25, 0.3) is 0 Å². The Morgan fingerprint density at radius 3 is 2.73 bits per heavy atom. The summed E-state index contributed by atoms with van der Waals surface area (Å²) in [7, 11) is -3.51. The molecule has 0 spiro atoms. The van der Waals surface area contributed by atoms with E-state index >= 15 is 0 Å². The van der Waals surface area contributed by atoms with Crippen LogP contribution < -0.4 is 9.46 Å². The van der Waals surface area contributed by atoms with Crippen LogP contribution in [0, 0.1) is 0 Å². The molecule has 3 heterocycles. The summed E-state index contributed by atoms with van der Waals surface area (Å²) in [4.78, 5) is 2.58. The van der Waals surface area contributed by atoms with Crippen LogP contribution in [-0.4, -0.2) is 57.8 Å². The number of rotatable bonds is 1. The van der Waals surface area contributed by atoms with Gasteiger partial charge in [0.2, 0.25) is 10.0 Å². The zero-order chi connectivity index (χ0) is 15.2. The highest BCUT2D eigenvalue weighted by Crippen LogP contribution is 2.32. The predicted octanol–water partition coefficient (Wildman–Crippen LogP) is 0.589. The van der Waals surface area contributed by atoms with E-state index in [9.17, 15) is 8.42 Å². The summed E-state index contributed by atoms with van der Waals surface area (Å²) in [5.74, 6) is 0.455. The highest BCUT2D eigenvalue weighted by atomic mass is 32.2. The molecule has 7 heteroatoms. The summed E-state index contributed by atoms with van der Waals surface area (Å²) in [6.07, 6.45) is 1.87. The fraction of sp³-hybridized carbons (Fsp3) is 0.600. The van der Waals surface area contributed by atoms with Crippen LogP contribution in [0.1, 0.15) is 12.8 Å². The Morgan fingerprint density at radius 2 is 1.91 bits per heavy atom. The van der Waals surface area contributed by atoms with Gasteiger partial charge < -0.3 is 9.47 Å². The first kappa shape index (κ1) is 14.4. The van der Waals surface area contributed by atoms with E-state index in [4.69, 9.17) is 9.47 Å². The van der Waals surface area contributed by atoms with Crippen molar-refractivity contribution < 1.29 is 17.9 Å². The van der Waals surface area contributed by atoms with Gasteiger partial charge in [-0.2, -0.15) is 0 Å². The van der Waals surface area contributed by atoms with Crippen molar-refractivity contribution in [2.24, 2.45) is 0 Å². The number of benzene rings is 1. The van der Waals surface area contributed by atoms with Crippen molar-refractivity contribution in [3.63, 3.8) is 0 Å². The van der Waals surface area contributed by atoms with Gasteiger partial charge in [-0.25, -0.2) is 13.1 Å². The molecule has 0 radical (unpaired) electrons. The standard InChI is InChI=1S/C15H20N2O4S/c18-22(19)15-4-2-1-3-13(15)21-14-10-17(9-12(14)16-22)11-5-7-20-8-6-11/h1-4,11-12,14,16H,5-10H2. The molecular formula is C15H20N2O4S. The summed E-state index contributed by atoms with van der Waals surface area (Å²) in [6, 6.07) is 7.11. The van der Waals surface area contributed by atoms with Gasteiger partial charge in [0.15, 0.2) is 0 Å². The number of para-hydroxylation sites is 1. The van der Waals surface area contributed by atoms with Crippen molar-refractivity contribution in [2.45, 2.75) is 35.9 Å². The molecule has 4 rings (SSSR count). The van der Waals surface area contributed by atoms with E-state index in [-0.39, 0.29) is 17.0 Å². The number of nitrogens with one attached hydrogen (secondary N) is 1. The number of fused-ring (bicyclic) bond motifs is 2. The first-order valence-electron chi connectivity index (χ1n) is 7.73. The van der Waals surface area contributed by atoms with Crippen molar-refractivity contribution in [2.75, 3.05) is 26.3 Å². The Balaban J connectivity index is 1.59. The summed E-state index contributed by atoms with van der Waals surface area (Å²) in [5.41, 5.74) is 0. The number of nitrogens with zero attached hydrogens (tertiary/aromatic N) is 1. The zero-order valence-electron chi connectivity index (χ0n) is 12.3. The molecule has 1 aromatic rings. The molecule has 2 saturated heterocycles. The van der Waals surface area contributed by atoms with Gasteiger partial charge in [-0.15, -0.1) is 0 Å². The average Bonchev–Trinajstić information content (AvgIpc) is 2.86. The van der Waals surface area contributed by atoms with Crippen LogP contribution in [0.3, 0.4) is 0 Å². The topological polar surface area (TPSA) is 67.9 Å². The third-order valence-electron chi connectivity index (χ3n) is 4.73. The molecule has 1 N–H and O–H groups in total. The van der Waals surface area contributed by atoms with Crippen LogP contribution in [0.4, 0.5) is 0 Å². The van der Waals surface area contributed by atoms with E-state index in [0.717, 1.165) is 32.6 Å². The summed E-state index contributed by atoms with van der Waals surface area (Å²) in [5, 5.41) is 0. The maximum atomic E-state index is 12.5. The molecule has 2 unspecified atom stereocenters. The summed E-state index contributed by atoms with van der Waals surface area (Å²) >= 11 is 0. The number of hydrogen-bond donors (Lipinski definition) is 1. The minimum absolute atomic E-state index is 0.138. The van der Waals surface area contributed by atoms with E-state index in [1.54, 1.807) is 24.3 Å². The number of hydrogen-bond acceptors (Lipinski definition) is 5. The van der Waals surface area contributed by atoms with Gasteiger partial charge >= 0.3 is 0 Å². The quantitative estimate of drug-likeness (QED) is 0.819. The van der Waals surface area contributed by atoms with Crippen LogP contribution in [0.15, 0.2) is 29.2 Å². The average molecular weight is 324 g/mol. The minimum atomic E-state index is -3.51. The van der Waals surface area contributed by atoms with Gasteiger partial charge in [0.25, 0.3) is 0 Å². The molecule has 120 valence electrons. The third kappa shape index (κ3) is 2.52. The summed E-state index contributed by atoms with van der Waals surface area (Å²) < 4.78 is 39.2. The van der Waals surface area contributed by atoms with E-state index in [1.165, 1.54) is 0 Å². The van der Waals surface area contributed by atoms with Crippen molar-refractivity contribution >= 4 is 10.0 Å². The highest BCUT2D eigenvalue weighted by Gasteiger charge is 2.43. The molecule has 0 aromatic heterocycles. The lowest BCUT2D eigenvalue weighted by Crippen LogP contribution is -2.43. The second kappa shape index (κ2) is 5.49. The molecule has 0 saturated carbocycles. The summed E-state index contributed by atoms with van der Waals surface area (Å²) in [6.45, 7) is 3.02. The molecular weight excluding hydrogens is 304 g/mol. The van der Waals surface area contributed by atoms with Gasteiger partial charge in [0.05, 0.1) is 6.04 Å². The van der Waals surface area contributed by atoms with Gasteiger partial charge in [-0.1, -0.05) is 12.1 Å². The maximum absolute atomic E-state index is 12.5. The Labute approximate surface area is 130 Å². The van der Waals surface area contributed by atoms with E-state index in [1.807, 2.05) is 0 Å². The fourth-order valence-corrected chi connectivity index (χ4v) is 4.97. The van der Waals surface area contributed by atoms with Crippen LogP contribution in [0.2, 0.25) is 0 Å². The lowest BCUT2D eigenvalue weighted by atomic mass is 10.1. The lowest BCUT2D eigenvalue weighted by molar-refractivity contribution is 0.0386. The molecule has 2 fully saturated rings. The molecule has 0 amide bonds. The fourth-order valence-electron chi connectivity index (χ4n) is 3.58. The molecule has 3 aliphatic heterocycles. The minimum Gasteiger partial charge on any atom is -0.486 e. The second-order valence-electron chi connectivity index (χ2n) is 6.13. The molecule has 2 atom stereocenters. The van der Waals surface area contributed by atoms with Crippen molar-refractivity contribution in [3.05, 3.63) is 24.3 Å². The lowest BCUT2D eigenvalue weighted by Gasteiger charge is -2.31. The SMILES string of the molecule is O=S1(=O)NC2CN(C3CCOCC3)CC2Oc2ccccc21. The number of sulfonamides is 1. The van der Waals surface area contributed by atoms with Gasteiger partial charge in [-0.05, 0) is 25.0 Å². The maximum Gasteiger partial charge on any atom is 0.244 e. The molecule has 6 nitrogen and oxygen atoms in total. The van der Waals surface area contributed by atoms with E-state index in [0.29, 0.717) is 18.3 Å². The number of ether oxygens (including phenoxy) is 2. The normalized spacial score (nSPS) is 31.8. The number of likely N-dealkylation sites (tertiary alicyclic amines) is 1. The van der Waals surface area contributed by atoms with Crippen LogP contribution in [0.5, 0.6) is 5.75 Å². The molecule has 0 bridgehead atoms. The van der Waals surface area contributed by atoms with E-state index < -0.39 is 10.0 Å². The smallest absolute Gasteiger partial charge is 0.244 e. The van der Waals surface area contributed by atoms with Gasteiger partial charge in [-0.3, -0.25) is 4.90 Å². The molecule has 3 aliphatic rings. The van der Waals surface area contributed by atoms with Gasteiger partial charge in [0, 0.05) is 32.3 Å². The van der Waals surface area contributed by atoms with Crippen LogP contribution >= 0.6 is 0 Å². The largest absolute Gasteiger partial charge is 0.486 e. The molecule has 1 aromatic carbocycles. The van der Waals surface area contributed by atoms with E-state index in [2.05, 4.69) is 9.62 Å². The zero-order valence-corrected chi connectivity index (χ0v) is 13.1. The molecule has 0 aliphatic carbocycles. The Kier molecular flexibility index (Phi) is 3.60. The van der Waals surface area contributed by atoms with Gasteiger partial charge in [0.1, 0.15) is 16.7 Å². The monoisotopic (exact) mass is 324 g/mol. The Hall–Kier alpha value is -1.15. The first-order chi connectivity index (χ1) is 10.6. The second-order valence-corrected chi connectivity index (χ2v) is 7.81. The molecule has 22 heavy (non-hydrogen) atoms. The Morgan fingerprint density at radius 1 is 1.14 bits per heavy atom. The predicted molar refractivity (Wildman–Crippen MR) is 80.4 cm³/mol.